The summed E-state index contributed by atoms with van der Waals surface area (Å²) >= 11 is 0. The van der Waals surface area contributed by atoms with Crippen molar-refractivity contribution in [2.45, 2.75) is 6.92 Å². The summed E-state index contributed by atoms with van der Waals surface area (Å²) < 4.78 is 0. The van der Waals surface area contributed by atoms with Gasteiger partial charge in [0, 0.05) is 11.8 Å². The highest BCUT2D eigenvalue weighted by atomic mass is 16.1. The van der Waals surface area contributed by atoms with Gasteiger partial charge in [-0.3, -0.25) is 4.79 Å². The van der Waals surface area contributed by atoms with Crippen LogP contribution in [0.25, 0.3) is 11.3 Å². The lowest BCUT2D eigenvalue weighted by Crippen LogP contribution is -2.15. The number of nitrogens with zero attached hydrogens (tertiary/aromatic N) is 2. The smallest absolute Gasteiger partial charge is 0.286 e. The van der Waals surface area contributed by atoms with Gasteiger partial charge in [0.2, 0.25) is 5.82 Å². The highest BCUT2D eigenvalue weighted by Crippen LogP contribution is 2.20. The third-order valence-electron chi connectivity index (χ3n) is 2.30. The van der Waals surface area contributed by atoms with E-state index in [1.54, 1.807) is 6.07 Å². The summed E-state index contributed by atoms with van der Waals surface area (Å²) in [6, 6.07) is 9.57. The molecule has 1 aromatic carbocycles. The maximum absolute atomic E-state index is 11.0. The predicted molar refractivity (Wildman–Crippen MR) is 60.7 cm³/mol. The standard InChI is InChI=1S/C12H11N3O/c1-8-4-2-3-5-9(8)10-6-7-14-12(15-10)11(13)16/h2-7H,1H3,(H2,13,16). The fraction of sp³-hybridized carbons (Fsp3) is 0.0833. The zero-order valence-electron chi connectivity index (χ0n) is 8.84. The van der Waals surface area contributed by atoms with Gasteiger partial charge >= 0.3 is 0 Å². The van der Waals surface area contributed by atoms with Crippen LogP contribution in [0.1, 0.15) is 16.2 Å². The first-order valence-corrected chi connectivity index (χ1v) is 4.87. The Kier molecular flexibility index (Phi) is 2.64. The third kappa shape index (κ3) is 1.91. The highest BCUT2D eigenvalue weighted by Gasteiger charge is 2.07. The van der Waals surface area contributed by atoms with Crippen molar-refractivity contribution in [3.63, 3.8) is 0 Å². The molecule has 16 heavy (non-hydrogen) atoms. The van der Waals surface area contributed by atoms with E-state index in [-0.39, 0.29) is 5.82 Å². The van der Waals surface area contributed by atoms with Crippen molar-refractivity contribution in [2.75, 3.05) is 0 Å². The number of amides is 1. The minimum Gasteiger partial charge on any atom is -0.363 e. The van der Waals surface area contributed by atoms with Gasteiger partial charge in [0.25, 0.3) is 5.91 Å². The number of carbonyl (C=O) groups excluding carboxylic acids is 1. The summed E-state index contributed by atoms with van der Waals surface area (Å²) in [5, 5.41) is 0. The van der Waals surface area contributed by atoms with Gasteiger partial charge in [0.05, 0.1) is 5.69 Å². The van der Waals surface area contributed by atoms with Crippen molar-refractivity contribution in [2.24, 2.45) is 5.73 Å². The van der Waals surface area contributed by atoms with Crippen molar-refractivity contribution in [1.82, 2.24) is 9.97 Å². The number of aryl methyl sites for hydroxylation is 1. The van der Waals surface area contributed by atoms with E-state index >= 15 is 0 Å². The molecule has 0 bridgehead atoms. The summed E-state index contributed by atoms with van der Waals surface area (Å²) in [5.41, 5.74) is 7.92. The first-order valence-electron chi connectivity index (χ1n) is 4.87. The van der Waals surface area contributed by atoms with E-state index in [0.29, 0.717) is 5.69 Å². The average molecular weight is 213 g/mol. The minimum atomic E-state index is -0.615. The molecule has 0 radical (unpaired) electrons. The maximum atomic E-state index is 11.0. The SMILES string of the molecule is Cc1ccccc1-c1ccnc(C(N)=O)n1. The Hall–Kier alpha value is -2.23. The van der Waals surface area contributed by atoms with Gasteiger partial charge in [-0.05, 0) is 18.6 Å². The lowest BCUT2D eigenvalue weighted by atomic mass is 10.1. The molecule has 1 aromatic heterocycles. The number of carbonyl (C=O) groups is 1. The molecule has 0 saturated heterocycles. The van der Waals surface area contributed by atoms with Crippen LogP contribution in [-0.4, -0.2) is 15.9 Å². The molecule has 2 rings (SSSR count). The number of rotatable bonds is 2. The van der Waals surface area contributed by atoms with E-state index in [1.807, 2.05) is 31.2 Å². The molecule has 2 aromatic rings. The lowest BCUT2D eigenvalue weighted by Gasteiger charge is -2.04. The summed E-state index contributed by atoms with van der Waals surface area (Å²) in [5.74, 6) is -0.573. The van der Waals surface area contributed by atoms with Crippen LogP contribution < -0.4 is 5.73 Å². The van der Waals surface area contributed by atoms with Crippen molar-refractivity contribution in [3.8, 4) is 11.3 Å². The van der Waals surface area contributed by atoms with Crippen LogP contribution >= 0.6 is 0 Å². The molecule has 1 amide bonds. The number of hydrogen-bond acceptors (Lipinski definition) is 3. The van der Waals surface area contributed by atoms with Crippen molar-refractivity contribution in [1.29, 1.82) is 0 Å². The second-order valence-corrected chi connectivity index (χ2v) is 3.44. The molecular weight excluding hydrogens is 202 g/mol. The molecule has 1 heterocycles. The molecule has 0 aliphatic carbocycles. The Morgan fingerprint density at radius 3 is 2.69 bits per heavy atom. The monoisotopic (exact) mass is 213 g/mol. The summed E-state index contributed by atoms with van der Waals surface area (Å²) in [6.45, 7) is 1.99. The third-order valence-corrected chi connectivity index (χ3v) is 2.30. The number of nitrogens with two attached hydrogens (primary N) is 1. The van der Waals surface area contributed by atoms with E-state index in [2.05, 4.69) is 9.97 Å². The van der Waals surface area contributed by atoms with Crippen LogP contribution in [0.5, 0.6) is 0 Å². The molecule has 80 valence electrons. The Labute approximate surface area is 93.2 Å². The zero-order valence-corrected chi connectivity index (χ0v) is 8.84. The average Bonchev–Trinajstić information content (AvgIpc) is 2.30. The molecule has 0 atom stereocenters. The van der Waals surface area contributed by atoms with E-state index in [0.717, 1.165) is 11.1 Å². The van der Waals surface area contributed by atoms with Crippen molar-refractivity contribution < 1.29 is 4.79 Å². The second kappa shape index (κ2) is 4.10. The van der Waals surface area contributed by atoms with Crippen molar-refractivity contribution in [3.05, 3.63) is 47.9 Å². The van der Waals surface area contributed by atoms with Crippen LogP contribution in [0.2, 0.25) is 0 Å². The molecule has 0 unspecified atom stereocenters. The molecule has 4 nitrogen and oxygen atoms in total. The van der Waals surface area contributed by atoms with Crippen LogP contribution in [0, 0.1) is 6.92 Å². The molecule has 0 aliphatic rings. The van der Waals surface area contributed by atoms with E-state index in [4.69, 9.17) is 5.73 Å². The Morgan fingerprint density at radius 2 is 2.00 bits per heavy atom. The molecular formula is C12H11N3O. The lowest BCUT2D eigenvalue weighted by molar-refractivity contribution is 0.0990. The van der Waals surface area contributed by atoms with Gasteiger partial charge in [-0.2, -0.15) is 0 Å². The fourth-order valence-corrected chi connectivity index (χ4v) is 1.49. The minimum absolute atomic E-state index is 0.0424. The number of hydrogen-bond donors (Lipinski definition) is 1. The van der Waals surface area contributed by atoms with Gasteiger partial charge in [-0.25, -0.2) is 9.97 Å². The van der Waals surface area contributed by atoms with Crippen LogP contribution in [0.15, 0.2) is 36.5 Å². The molecule has 4 heteroatoms. The van der Waals surface area contributed by atoms with E-state index in [1.165, 1.54) is 6.20 Å². The van der Waals surface area contributed by atoms with E-state index < -0.39 is 5.91 Å². The number of benzene rings is 1. The summed E-state index contributed by atoms with van der Waals surface area (Å²) in [7, 11) is 0. The quantitative estimate of drug-likeness (QED) is 0.822. The van der Waals surface area contributed by atoms with Crippen LogP contribution in [0.4, 0.5) is 0 Å². The molecule has 0 aliphatic heterocycles. The van der Waals surface area contributed by atoms with Gasteiger partial charge in [0.1, 0.15) is 0 Å². The molecule has 0 saturated carbocycles. The topological polar surface area (TPSA) is 68.9 Å². The molecule has 0 spiro atoms. The van der Waals surface area contributed by atoms with Gasteiger partial charge < -0.3 is 5.73 Å². The predicted octanol–water partition coefficient (Wildman–Crippen LogP) is 1.55. The molecule has 2 N–H and O–H groups in total. The number of aromatic nitrogens is 2. The summed E-state index contributed by atoms with van der Waals surface area (Å²) in [4.78, 5) is 18.9. The molecule has 0 fully saturated rings. The van der Waals surface area contributed by atoms with Gasteiger partial charge in [0.15, 0.2) is 0 Å². The largest absolute Gasteiger partial charge is 0.363 e. The van der Waals surface area contributed by atoms with Crippen molar-refractivity contribution >= 4 is 5.91 Å². The maximum Gasteiger partial charge on any atom is 0.286 e. The first-order chi connectivity index (χ1) is 7.68. The van der Waals surface area contributed by atoms with Crippen LogP contribution in [0.3, 0.4) is 0 Å². The fourth-order valence-electron chi connectivity index (χ4n) is 1.49. The highest BCUT2D eigenvalue weighted by molar-refractivity contribution is 5.89. The zero-order chi connectivity index (χ0) is 11.5. The van der Waals surface area contributed by atoms with Gasteiger partial charge in [-0.15, -0.1) is 0 Å². The summed E-state index contributed by atoms with van der Waals surface area (Å²) in [6.07, 6.45) is 1.54. The number of primary amides is 1. The van der Waals surface area contributed by atoms with Crippen LogP contribution in [-0.2, 0) is 0 Å². The second-order valence-electron chi connectivity index (χ2n) is 3.44. The van der Waals surface area contributed by atoms with E-state index in [9.17, 15) is 4.79 Å². The Morgan fingerprint density at radius 1 is 1.25 bits per heavy atom. The Balaban J connectivity index is 2.53. The van der Waals surface area contributed by atoms with Gasteiger partial charge in [-0.1, -0.05) is 24.3 Å². The first kappa shape index (κ1) is 10.3. The normalized spacial score (nSPS) is 10.1. The Bertz CT molecular complexity index is 537.